The molecule has 2 aromatic carbocycles. The smallest absolute Gasteiger partial charge is 0.238 e. The second-order valence-electron chi connectivity index (χ2n) is 6.62. The minimum absolute atomic E-state index is 0.00659. The van der Waals surface area contributed by atoms with E-state index in [9.17, 15) is 4.79 Å². The van der Waals surface area contributed by atoms with Crippen LogP contribution in [0, 0.1) is 0 Å². The molecule has 0 aliphatic carbocycles. The number of piperazine rings is 1. The summed E-state index contributed by atoms with van der Waals surface area (Å²) in [5.74, 6) is 0.674. The number of ether oxygens (including phenoxy) is 1. The number of amides is 1. The molecule has 1 amide bonds. The van der Waals surface area contributed by atoms with Crippen LogP contribution in [0.3, 0.4) is 0 Å². The van der Waals surface area contributed by atoms with Gasteiger partial charge in [-0.2, -0.15) is 0 Å². The van der Waals surface area contributed by atoms with Gasteiger partial charge >= 0.3 is 0 Å². The van der Waals surface area contributed by atoms with Crippen molar-refractivity contribution in [2.45, 2.75) is 0 Å². The minimum atomic E-state index is -0.00659. The predicted molar refractivity (Wildman–Crippen MR) is 112 cm³/mol. The monoisotopic (exact) mass is 381 g/mol. The van der Waals surface area contributed by atoms with Gasteiger partial charge in [0, 0.05) is 42.0 Å². The van der Waals surface area contributed by atoms with Crippen LogP contribution >= 0.6 is 11.3 Å². The second kappa shape index (κ2) is 7.98. The molecule has 1 saturated heterocycles. The Balaban J connectivity index is 1.34. The van der Waals surface area contributed by atoms with Crippen molar-refractivity contribution in [3.05, 3.63) is 53.9 Å². The number of benzene rings is 2. The Morgan fingerprint density at radius 1 is 1.07 bits per heavy atom. The number of anilines is 2. The van der Waals surface area contributed by atoms with Gasteiger partial charge in [-0.05, 0) is 35.7 Å². The highest BCUT2D eigenvalue weighted by Crippen LogP contribution is 2.31. The number of nitrogens with one attached hydrogen (secondary N) is 1. The number of hydrogen-bond donors (Lipinski definition) is 1. The fourth-order valence-corrected chi connectivity index (χ4v) is 4.35. The van der Waals surface area contributed by atoms with E-state index in [2.05, 4.69) is 44.8 Å². The molecule has 5 nitrogen and oxygen atoms in total. The summed E-state index contributed by atoms with van der Waals surface area (Å²) in [6, 6.07) is 16.2. The van der Waals surface area contributed by atoms with Crippen LogP contribution in [0.25, 0.3) is 10.1 Å². The van der Waals surface area contributed by atoms with Crippen molar-refractivity contribution in [1.82, 2.24) is 4.90 Å². The predicted octanol–water partition coefficient (Wildman–Crippen LogP) is 3.67. The van der Waals surface area contributed by atoms with E-state index < -0.39 is 0 Å². The van der Waals surface area contributed by atoms with E-state index in [4.69, 9.17) is 4.74 Å². The van der Waals surface area contributed by atoms with E-state index in [1.165, 1.54) is 15.8 Å². The maximum Gasteiger partial charge on any atom is 0.238 e. The molecule has 6 heteroatoms. The normalized spacial score (nSPS) is 15.1. The van der Waals surface area contributed by atoms with Crippen LogP contribution < -0.4 is 15.0 Å². The van der Waals surface area contributed by atoms with Gasteiger partial charge in [-0.3, -0.25) is 9.69 Å². The molecule has 1 aromatic heterocycles. The molecule has 1 N–H and O–H groups in total. The topological polar surface area (TPSA) is 44.8 Å². The van der Waals surface area contributed by atoms with E-state index in [0.29, 0.717) is 18.0 Å². The Kier molecular flexibility index (Phi) is 5.27. The van der Waals surface area contributed by atoms with Gasteiger partial charge in [0.15, 0.2) is 0 Å². The van der Waals surface area contributed by atoms with Crippen molar-refractivity contribution in [2.75, 3.05) is 50.1 Å². The van der Waals surface area contributed by atoms with E-state index in [0.717, 1.165) is 26.2 Å². The Morgan fingerprint density at radius 2 is 1.89 bits per heavy atom. The van der Waals surface area contributed by atoms with Crippen LogP contribution in [0.1, 0.15) is 0 Å². The Hall–Kier alpha value is -2.57. The number of hydrogen-bond acceptors (Lipinski definition) is 5. The van der Waals surface area contributed by atoms with Gasteiger partial charge in [-0.15, -0.1) is 11.3 Å². The molecule has 4 rings (SSSR count). The summed E-state index contributed by atoms with van der Waals surface area (Å²) in [6.07, 6.45) is 0. The van der Waals surface area contributed by atoms with Gasteiger partial charge in [0.25, 0.3) is 0 Å². The lowest BCUT2D eigenvalue weighted by molar-refractivity contribution is -0.117. The summed E-state index contributed by atoms with van der Waals surface area (Å²) >= 11 is 1.78. The highest BCUT2D eigenvalue weighted by atomic mass is 32.1. The summed E-state index contributed by atoms with van der Waals surface area (Å²) in [5, 5.41) is 6.42. The summed E-state index contributed by atoms with van der Waals surface area (Å²) in [5.41, 5.74) is 2.01. The molecule has 0 radical (unpaired) electrons. The van der Waals surface area contributed by atoms with Crippen LogP contribution in [0.2, 0.25) is 0 Å². The zero-order valence-corrected chi connectivity index (χ0v) is 16.2. The quantitative estimate of drug-likeness (QED) is 0.732. The third-order valence-electron chi connectivity index (χ3n) is 4.93. The van der Waals surface area contributed by atoms with E-state index in [1.54, 1.807) is 18.4 Å². The first kappa shape index (κ1) is 17.8. The first-order valence-electron chi connectivity index (χ1n) is 9.11. The number of para-hydroxylation sites is 2. The number of thiophene rings is 1. The third-order valence-corrected chi connectivity index (χ3v) is 5.82. The lowest BCUT2D eigenvalue weighted by Crippen LogP contribution is -2.48. The number of carbonyl (C=O) groups is 1. The lowest BCUT2D eigenvalue weighted by atomic mass is 10.2. The van der Waals surface area contributed by atoms with Gasteiger partial charge in [0.2, 0.25) is 5.91 Å². The molecule has 27 heavy (non-hydrogen) atoms. The fraction of sp³-hybridized carbons (Fsp3) is 0.286. The minimum Gasteiger partial charge on any atom is -0.495 e. The average Bonchev–Trinajstić information content (AvgIpc) is 3.18. The van der Waals surface area contributed by atoms with E-state index in [-0.39, 0.29) is 5.91 Å². The standard InChI is InChI=1S/C21H23N3O2S/c1-26-19-7-3-2-5-17(19)22-21(25)15-23-10-12-24(13-11-23)18-6-4-8-20-16(18)9-14-27-20/h2-9,14H,10-13,15H2,1H3,(H,22,25). The first-order chi connectivity index (χ1) is 13.2. The Labute approximate surface area is 163 Å². The molecule has 1 aliphatic rings. The summed E-state index contributed by atoms with van der Waals surface area (Å²) in [4.78, 5) is 17.0. The number of carbonyl (C=O) groups excluding carboxylic acids is 1. The maximum absolute atomic E-state index is 12.4. The van der Waals surface area contributed by atoms with E-state index in [1.807, 2.05) is 24.3 Å². The van der Waals surface area contributed by atoms with Crippen molar-refractivity contribution in [2.24, 2.45) is 0 Å². The van der Waals surface area contributed by atoms with Crippen LogP contribution in [0.4, 0.5) is 11.4 Å². The number of rotatable bonds is 5. The molecule has 0 spiro atoms. The van der Waals surface area contributed by atoms with Gasteiger partial charge in [0.05, 0.1) is 19.3 Å². The highest BCUT2D eigenvalue weighted by Gasteiger charge is 2.21. The Bertz CT molecular complexity index is 932. The molecule has 1 aliphatic heterocycles. The Morgan fingerprint density at radius 3 is 2.70 bits per heavy atom. The van der Waals surface area contributed by atoms with Gasteiger partial charge in [-0.25, -0.2) is 0 Å². The van der Waals surface area contributed by atoms with Crippen molar-refractivity contribution < 1.29 is 9.53 Å². The largest absolute Gasteiger partial charge is 0.495 e. The zero-order valence-electron chi connectivity index (χ0n) is 15.4. The molecule has 0 bridgehead atoms. The van der Waals surface area contributed by atoms with E-state index >= 15 is 0 Å². The number of nitrogens with zero attached hydrogens (tertiary/aromatic N) is 2. The summed E-state index contributed by atoms with van der Waals surface area (Å²) < 4.78 is 6.62. The van der Waals surface area contributed by atoms with Gasteiger partial charge in [0.1, 0.15) is 5.75 Å². The molecule has 0 unspecified atom stereocenters. The number of methoxy groups -OCH3 is 1. The zero-order chi connectivity index (χ0) is 18.6. The lowest BCUT2D eigenvalue weighted by Gasteiger charge is -2.36. The first-order valence-corrected chi connectivity index (χ1v) is 9.99. The van der Waals surface area contributed by atoms with Crippen molar-refractivity contribution in [3.8, 4) is 5.75 Å². The van der Waals surface area contributed by atoms with Crippen LogP contribution in [0.15, 0.2) is 53.9 Å². The fourth-order valence-electron chi connectivity index (χ4n) is 3.54. The molecular weight excluding hydrogens is 358 g/mol. The average molecular weight is 382 g/mol. The molecule has 3 aromatic rings. The third kappa shape index (κ3) is 3.91. The molecule has 2 heterocycles. The van der Waals surface area contributed by atoms with Crippen molar-refractivity contribution in [1.29, 1.82) is 0 Å². The summed E-state index contributed by atoms with van der Waals surface area (Å²) in [7, 11) is 1.61. The molecular formula is C21H23N3O2S. The van der Waals surface area contributed by atoms with Gasteiger partial charge < -0.3 is 15.0 Å². The van der Waals surface area contributed by atoms with Gasteiger partial charge in [-0.1, -0.05) is 18.2 Å². The number of fused-ring (bicyclic) bond motifs is 1. The van der Waals surface area contributed by atoms with Crippen molar-refractivity contribution in [3.63, 3.8) is 0 Å². The second-order valence-corrected chi connectivity index (χ2v) is 7.57. The molecule has 0 atom stereocenters. The van der Waals surface area contributed by atoms with Crippen LogP contribution in [0.5, 0.6) is 5.75 Å². The van der Waals surface area contributed by atoms with Crippen molar-refractivity contribution >= 4 is 38.7 Å². The van der Waals surface area contributed by atoms with Crippen LogP contribution in [-0.4, -0.2) is 50.6 Å². The molecule has 0 saturated carbocycles. The van der Waals surface area contributed by atoms with Crippen LogP contribution in [-0.2, 0) is 4.79 Å². The molecule has 1 fully saturated rings. The maximum atomic E-state index is 12.4. The SMILES string of the molecule is COc1ccccc1NC(=O)CN1CCN(c2cccc3sccc23)CC1. The molecule has 140 valence electrons. The highest BCUT2D eigenvalue weighted by molar-refractivity contribution is 7.17. The summed E-state index contributed by atoms with van der Waals surface area (Å²) in [6.45, 7) is 4.00.